The number of carbonyl (C=O) groups is 1. The lowest BCUT2D eigenvalue weighted by molar-refractivity contribution is 0.00810. The van der Waals surface area contributed by atoms with Gasteiger partial charge in [-0.2, -0.15) is 0 Å². The van der Waals surface area contributed by atoms with Crippen LogP contribution < -0.4 is 10.2 Å². The number of benzene rings is 2. The van der Waals surface area contributed by atoms with Crippen molar-refractivity contribution in [3.05, 3.63) is 59.4 Å². The molecule has 2 aliphatic heterocycles. The largest absolute Gasteiger partial charge is 0.452 e. The van der Waals surface area contributed by atoms with Crippen molar-refractivity contribution in [2.24, 2.45) is 5.41 Å². The molecule has 1 N–H and O–H groups in total. The summed E-state index contributed by atoms with van der Waals surface area (Å²) >= 11 is 0. The second kappa shape index (κ2) is 7.87. The summed E-state index contributed by atoms with van der Waals surface area (Å²) in [5.74, 6) is 1.18. The zero-order valence-electron chi connectivity index (χ0n) is 19.5. The van der Waals surface area contributed by atoms with Crippen LogP contribution in [0.4, 0.5) is 10.5 Å². The van der Waals surface area contributed by atoms with Gasteiger partial charge in [0.2, 0.25) is 0 Å². The number of rotatable bonds is 4. The Morgan fingerprint density at radius 2 is 1.94 bits per heavy atom. The predicted molar refractivity (Wildman–Crippen MR) is 130 cm³/mol. The minimum Gasteiger partial charge on any atom is -0.452 e. The summed E-state index contributed by atoms with van der Waals surface area (Å²) in [5.41, 5.74) is 6.30. The molecule has 2 aromatic carbocycles. The Labute approximate surface area is 194 Å². The molecule has 2 fully saturated rings. The third kappa shape index (κ3) is 3.34. The second-order valence-electron chi connectivity index (χ2n) is 10.2. The molecular formula is C27H32N4O2. The number of nitrogens with one attached hydrogen (secondary N) is 1. The van der Waals surface area contributed by atoms with Gasteiger partial charge < -0.3 is 14.6 Å². The number of nitrogens with zero attached hydrogens (tertiary/aromatic N) is 3. The van der Waals surface area contributed by atoms with E-state index in [1.807, 2.05) is 0 Å². The van der Waals surface area contributed by atoms with Crippen LogP contribution >= 0.6 is 0 Å². The van der Waals surface area contributed by atoms with E-state index in [0.29, 0.717) is 11.5 Å². The van der Waals surface area contributed by atoms with Crippen LogP contribution in [0.25, 0.3) is 11.0 Å². The average Bonchev–Trinajstić information content (AvgIpc) is 3.14. The number of methoxy groups -OCH3 is 1. The maximum absolute atomic E-state index is 12.6. The minimum atomic E-state index is -0.287. The summed E-state index contributed by atoms with van der Waals surface area (Å²) in [4.78, 5) is 19.6. The first-order chi connectivity index (χ1) is 16.1. The van der Waals surface area contributed by atoms with E-state index >= 15 is 0 Å². The van der Waals surface area contributed by atoms with Gasteiger partial charge in [0, 0.05) is 37.2 Å². The van der Waals surface area contributed by atoms with Crippen LogP contribution in [0.3, 0.4) is 0 Å². The van der Waals surface area contributed by atoms with Gasteiger partial charge in [-0.3, -0.25) is 4.90 Å². The predicted octanol–water partition coefficient (Wildman–Crippen LogP) is 4.65. The first-order valence-corrected chi connectivity index (χ1v) is 12.2. The lowest BCUT2D eigenvalue weighted by Gasteiger charge is -2.55. The highest BCUT2D eigenvalue weighted by molar-refractivity contribution is 5.95. The summed E-state index contributed by atoms with van der Waals surface area (Å²) in [6.07, 6.45) is 5.94. The highest BCUT2D eigenvalue weighted by atomic mass is 16.5. The summed E-state index contributed by atoms with van der Waals surface area (Å²) in [6.45, 7) is 4.39. The number of aromatic nitrogens is 2. The average molecular weight is 445 g/mol. The van der Waals surface area contributed by atoms with Gasteiger partial charge in [0.05, 0.1) is 23.8 Å². The highest BCUT2D eigenvalue weighted by Crippen LogP contribution is 2.52. The van der Waals surface area contributed by atoms with Gasteiger partial charge in [-0.15, -0.1) is 0 Å². The molecule has 6 rings (SSSR count). The molecule has 0 radical (unpaired) electrons. The maximum Gasteiger partial charge on any atom is 0.414 e. The number of aryl methyl sites for hydroxylation is 3. The molecule has 6 heteroatoms. The molecule has 3 heterocycles. The zero-order valence-corrected chi connectivity index (χ0v) is 19.5. The zero-order chi connectivity index (χ0) is 22.6. The number of amides is 1. The normalized spacial score (nSPS) is 21.5. The van der Waals surface area contributed by atoms with Crippen molar-refractivity contribution in [2.45, 2.75) is 57.5 Å². The standard InChI is InChI=1S/C27H32N4O2/c1-18-8-10-21-22(30(18)26(32)33-2)11-12-23-25(21)29-24(13-9-19-6-4-3-5-7-19)31(23)20-14-27(15-20)16-28-17-27/h3-7,11-12,18,20,28H,8-10,13-17H2,1-2H3/t18-/m0/s1. The van der Waals surface area contributed by atoms with Crippen LogP contribution in [0.15, 0.2) is 42.5 Å². The number of hydrogen-bond acceptors (Lipinski definition) is 4. The van der Waals surface area contributed by atoms with Gasteiger partial charge in [-0.1, -0.05) is 30.3 Å². The van der Waals surface area contributed by atoms with Crippen LogP contribution in [0.2, 0.25) is 0 Å². The Kier molecular flexibility index (Phi) is 4.94. The van der Waals surface area contributed by atoms with Gasteiger partial charge in [0.15, 0.2) is 0 Å². The Bertz CT molecular complexity index is 1190. The third-order valence-electron chi connectivity index (χ3n) is 8.08. The molecule has 0 bridgehead atoms. The molecule has 1 saturated heterocycles. The van der Waals surface area contributed by atoms with Gasteiger partial charge in [0.1, 0.15) is 5.82 Å². The van der Waals surface area contributed by atoms with E-state index in [4.69, 9.17) is 9.72 Å². The quantitative estimate of drug-likeness (QED) is 0.636. The molecule has 6 nitrogen and oxygen atoms in total. The topological polar surface area (TPSA) is 59.4 Å². The monoisotopic (exact) mass is 444 g/mol. The van der Waals surface area contributed by atoms with Crippen LogP contribution in [-0.4, -0.2) is 41.9 Å². The molecule has 33 heavy (non-hydrogen) atoms. The van der Waals surface area contributed by atoms with Crippen LogP contribution in [-0.2, 0) is 24.0 Å². The SMILES string of the molecule is COC(=O)N1c2ccc3c(nc(CCc4ccccc4)n3C3CC4(CNC4)C3)c2CC[C@@H]1C. The van der Waals surface area contributed by atoms with Crippen molar-refractivity contribution >= 4 is 22.8 Å². The van der Waals surface area contributed by atoms with Crippen molar-refractivity contribution in [3.63, 3.8) is 0 Å². The first-order valence-electron chi connectivity index (χ1n) is 12.2. The lowest BCUT2D eigenvalue weighted by Crippen LogP contribution is -2.60. The molecule has 1 aromatic heterocycles. The van der Waals surface area contributed by atoms with Crippen LogP contribution in [0, 0.1) is 5.41 Å². The van der Waals surface area contributed by atoms with Crippen molar-refractivity contribution in [3.8, 4) is 0 Å². The Hall–Kier alpha value is -2.86. The summed E-state index contributed by atoms with van der Waals surface area (Å²) in [7, 11) is 1.46. The van der Waals surface area contributed by atoms with E-state index in [0.717, 1.165) is 50.0 Å². The van der Waals surface area contributed by atoms with Crippen molar-refractivity contribution in [1.29, 1.82) is 0 Å². The van der Waals surface area contributed by atoms with Crippen LogP contribution in [0.5, 0.6) is 0 Å². The summed E-state index contributed by atoms with van der Waals surface area (Å²) in [5, 5.41) is 3.46. The molecule has 1 spiro atoms. The molecule has 1 aliphatic carbocycles. The van der Waals surface area contributed by atoms with Crippen molar-refractivity contribution in [2.75, 3.05) is 25.1 Å². The number of carbonyl (C=O) groups excluding carboxylic acids is 1. The van der Waals surface area contributed by atoms with E-state index in [9.17, 15) is 4.79 Å². The number of anilines is 1. The number of hydrogen-bond donors (Lipinski definition) is 1. The number of ether oxygens (including phenoxy) is 1. The molecule has 3 aromatic rings. The summed E-state index contributed by atoms with van der Waals surface area (Å²) in [6, 6.07) is 15.6. The third-order valence-corrected chi connectivity index (χ3v) is 8.08. The summed E-state index contributed by atoms with van der Waals surface area (Å²) < 4.78 is 7.64. The fourth-order valence-corrected chi connectivity index (χ4v) is 6.20. The number of imidazole rings is 1. The van der Waals surface area contributed by atoms with Crippen LogP contribution in [0.1, 0.15) is 49.2 Å². The fourth-order valence-electron chi connectivity index (χ4n) is 6.20. The van der Waals surface area contributed by atoms with Gasteiger partial charge in [-0.05, 0) is 62.1 Å². The molecule has 3 aliphatic rings. The van der Waals surface area contributed by atoms with E-state index in [1.165, 1.54) is 42.4 Å². The molecule has 172 valence electrons. The maximum atomic E-state index is 12.6. The Balaban J connectivity index is 1.41. The van der Waals surface area contributed by atoms with Gasteiger partial charge in [-0.25, -0.2) is 9.78 Å². The van der Waals surface area contributed by atoms with E-state index in [-0.39, 0.29) is 12.1 Å². The van der Waals surface area contributed by atoms with Crippen molar-refractivity contribution in [1.82, 2.24) is 14.9 Å². The highest BCUT2D eigenvalue weighted by Gasteiger charge is 2.49. The van der Waals surface area contributed by atoms with Gasteiger partial charge >= 0.3 is 6.09 Å². The molecule has 0 unspecified atom stereocenters. The Morgan fingerprint density at radius 1 is 1.15 bits per heavy atom. The van der Waals surface area contributed by atoms with Gasteiger partial charge in [0.25, 0.3) is 0 Å². The van der Waals surface area contributed by atoms with E-state index < -0.39 is 0 Å². The molecular weight excluding hydrogens is 412 g/mol. The van der Waals surface area contributed by atoms with E-state index in [2.05, 4.69) is 59.3 Å². The minimum absolute atomic E-state index is 0.125. The van der Waals surface area contributed by atoms with Crippen molar-refractivity contribution < 1.29 is 9.53 Å². The second-order valence-corrected chi connectivity index (χ2v) is 10.2. The smallest absolute Gasteiger partial charge is 0.414 e. The Morgan fingerprint density at radius 3 is 2.64 bits per heavy atom. The first kappa shape index (κ1) is 20.7. The molecule has 1 atom stereocenters. The molecule has 1 amide bonds. The lowest BCUT2D eigenvalue weighted by atomic mass is 9.61. The van der Waals surface area contributed by atoms with E-state index in [1.54, 1.807) is 4.90 Å². The molecule has 1 saturated carbocycles. The number of fused-ring (bicyclic) bond motifs is 3. The fraction of sp³-hybridized carbons (Fsp3) is 0.481.